The van der Waals surface area contributed by atoms with Crippen molar-refractivity contribution >= 4 is 11.3 Å². The van der Waals surface area contributed by atoms with E-state index in [1.165, 1.54) is 0 Å². The van der Waals surface area contributed by atoms with Crippen molar-refractivity contribution in [3.8, 4) is 0 Å². The van der Waals surface area contributed by atoms with E-state index in [1.54, 1.807) is 11.3 Å². The molecule has 0 unspecified atom stereocenters. The van der Waals surface area contributed by atoms with Gasteiger partial charge in [-0.3, -0.25) is 0 Å². The van der Waals surface area contributed by atoms with Crippen LogP contribution >= 0.6 is 11.3 Å². The summed E-state index contributed by atoms with van der Waals surface area (Å²) in [5.74, 6) is 0.837. The summed E-state index contributed by atoms with van der Waals surface area (Å²) in [6.07, 6.45) is 5.65. The van der Waals surface area contributed by atoms with Gasteiger partial charge >= 0.3 is 0 Å². The quantitative estimate of drug-likeness (QED) is 0.812. The van der Waals surface area contributed by atoms with Gasteiger partial charge in [-0.25, -0.2) is 15.0 Å². The number of aryl methyl sites for hydroxylation is 1. The van der Waals surface area contributed by atoms with Gasteiger partial charge in [0.25, 0.3) is 0 Å². The summed E-state index contributed by atoms with van der Waals surface area (Å²) in [5, 5.41) is 6.46. The molecular formula is C13H18N4S. The van der Waals surface area contributed by atoms with E-state index < -0.39 is 0 Å². The molecule has 0 radical (unpaired) electrons. The molecule has 0 aliphatic rings. The number of hydrogen-bond donors (Lipinski definition) is 1. The molecule has 96 valence electrons. The predicted molar refractivity (Wildman–Crippen MR) is 73.7 cm³/mol. The zero-order chi connectivity index (χ0) is 12.8. The number of nitrogens with one attached hydrogen (secondary N) is 1. The highest BCUT2D eigenvalue weighted by Crippen LogP contribution is 2.11. The minimum Gasteiger partial charge on any atom is -0.313 e. The molecule has 2 aromatic rings. The average Bonchev–Trinajstić information content (AvgIpc) is 2.77. The maximum atomic E-state index is 4.42. The molecule has 0 aliphatic carbocycles. The van der Waals surface area contributed by atoms with E-state index in [-0.39, 0.29) is 0 Å². The van der Waals surface area contributed by atoms with Gasteiger partial charge < -0.3 is 5.32 Å². The smallest absolute Gasteiger partial charge is 0.135 e. The van der Waals surface area contributed by atoms with E-state index in [0.717, 1.165) is 48.0 Å². The maximum Gasteiger partial charge on any atom is 0.135 e. The standard InChI is InChI=1S/C13H18N4S/c1-3-4-14-6-11-7-15-12(16-8-11)5-13-17-10(2)9-18-13/h7-9,14H,3-6H2,1-2H3. The molecule has 18 heavy (non-hydrogen) atoms. The van der Waals surface area contributed by atoms with E-state index in [9.17, 15) is 0 Å². The molecule has 0 bridgehead atoms. The van der Waals surface area contributed by atoms with Crippen molar-refractivity contribution in [3.63, 3.8) is 0 Å². The predicted octanol–water partition coefficient (Wildman–Crippen LogP) is 2.33. The van der Waals surface area contributed by atoms with Gasteiger partial charge in [-0.15, -0.1) is 11.3 Å². The lowest BCUT2D eigenvalue weighted by Crippen LogP contribution is -2.14. The number of rotatable bonds is 6. The summed E-state index contributed by atoms with van der Waals surface area (Å²) in [5.41, 5.74) is 2.19. The first-order valence-corrected chi connectivity index (χ1v) is 7.07. The molecule has 5 heteroatoms. The maximum absolute atomic E-state index is 4.42. The molecule has 0 saturated carbocycles. The van der Waals surface area contributed by atoms with Crippen molar-refractivity contribution in [1.82, 2.24) is 20.3 Å². The van der Waals surface area contributed by atoms with Crippen LogP contribution < -0.4 is 5.32 Å². The Hall–Kier alpha value is -1.33. The topological polar surface area (TPSA) is 50.7 Å². The molecule has 0 aromatic carbocycles. The Morgan fingerprint density at radius 3 is 2.67 bits per heavy atom. The molecular weight excluding hydrogens is 244 g/mol. The Morgan fingerprint density at radius 1 is 1.28 bits per heavy atom. The van der Waals surface area contributed by atoms with Gasteiger partial charge in [0.15, 0.2) is 0 Å². The van der Waals surface area contributed by atoms with E-state index in [0.29, 0.717) is 0 Å². The molecule has 0 atom stereocenters. The first-order valence-electron chi connectivity index (χ1n) is 6.19. The summed E-state index contributed by atoms with van der Waals surface area (Å²) in [7, 11) is 0. The fourth-order valence-electron chi connectivity index (χ4n) is 1.59. The van der Waals surface area contributed by atoms with Gasteiger partial charge in [0.1, 0.15) is 10.8 Å². The third-order valence-electron chi connectivity index (χ3n) is 2.49. The SMILES string of the molecule is CCCNCc1cnc(Cc2nc(C)cs2)nc1. The Kier molecular flexibility index (Phi) is 4.78. The summed E-state index contributed by atoms with van der Waals surface area (Å²) >= 11 is 1.66. The van der Waals surface area contributed by atoms with Gasteiger partial charge in [0, 0.05) is 35.6 Å². The Labute approximate surface area is 112 Å². The van der Waals surface area contributed by atoms with Crippen LogP contribution in [0.5, 0.6) is 0 Å². The van der Waals surface area contributed by atoms with Crippen LogP contribution in [0.4, 0.5) is 0 Å². The van der Waals surface area contributed by atoms with Crippen molar-refractivity contribution in [2.75, 3.05) is 6.54 Å². The number of thiazole rings is 1. The second-order valence-electron chi connectivity index (χ2n) is 4.24. The average molecular weight is 262 g/mol. The summed E-state index contributed by atoms with van der Waals surface area (Å²) < 4.78 is 0. The van der Waals surface area contributed by atoms with E-state index in [1.807, 2.05) is 19.3 Å². The third-order valence-corrected chi connectivity index (χ3v) is 3.46. The van der Waals surface area contributed by atoms with Crippen LogP contribution in [0.2, 0.25) is 0 Å². The van der Waals surface area contributed by atoms with Gasteiger partial charge in [-0.2, -0.15) is 0 Å². The van der Waals surface area contributed by atoms with Gasteiger partial charge in [0.2, 0.25) is 0 Å². The molecule has 2 rings (SSSR count). The molecule has 0 saturated heterocycles. The minimum absolute atomic E-state index is 0.723. The van der Waals surface area contributed by atoms with Crippen molar-refractivity contribution in [2.24, 2.45) is 0 Å². The molecule has 2 aromatic heterocycles. The lowest BCUT2D eigenvalue weighted by atomic mass is 10.3. The Morgan fingerprint density at radius 2 is 2.06 bits per heavy atom. The number of nitrogens with zero attached hydrogens (tertiary/aromatic N) is 3. The summed E-state index contributed by atoms with van der Waals surface area (Å²) in [6.45, 7) is 6.02. The van der Waals surface area contributed by atoms with Crippen molar-refractivity contribution < 1.29 is 0 Å². The molecule has 0 amide bonds. The molecule has 0 spiro atoms. The minimum atomic E-state index is 0.723. The first kappa shape index (κ1) is 13.1. The lowest BCUT2D eigenvalue weighted by Gasteiger charge is -2.03. The van der Waals surface area contributed by atoms with Crippen LogP contribution in [0, 0.1) is 6.92 Å². The van der Waals surface area contributed by atoms with Gasteiger partial charge in [-0.1, -0.05) is 6.92 Å². The van der Waals surface area contributed by atoms with Crippen molar-refractivity contribution in [2.45, 2.75) is 33.2 Å². The number of hydrogen-bond acceptors (Lipinski definition) is 5. The monoisotopic (exact) mass is 262 g/mol. The van der Waals surface area contributed by atoms with Gasteiger partial charge in [0.05, 0.1) is 6.42 Å². The lowest BCUT2D eigenvalue weighted by molar-refractivity contribution is 0.670. The van der Waals surface area contributed by atoms with Crippen LogP contribution in [0.15, 0.2) is 17.8 Å². The Bertz CT molecular complexity index is 478. The highest BCUT2D eigenvalue weighted by molar-refractivity contribution is 7.09. The number of aromatic nitrogens is 3. The second-order valence-corrected chi connectivity index (χ2v) is 5.19. The zero-order valence-electron chi connectivity index (χ0n) is 10.8. The van der Waals surface area contributed by atoms with Crippen LogP contribution in [0.1, 0.15) is 35.4 Å². The zero-order valence-corrected chi connectivity index (χ0v) is 11.6. The molecule has 2 heterocycles. The highest BCUT2D eigenvalue weighted by Gasteiger charge is 2.03. The highest BCUT2D eigenvalue weighted by atomic mass is 32.1. The normalized spacial score (nSPS) is 10.8. The first-order chi connectivity index (χ1) is 8.78. The largest absolute Gasteiger partial charge is 0.313 e. The van der Waals surface area contributed by atoms with E-state index >= 15 is 0 Å². The van der Waals surface area contributed by atoms with E-state index in [2.05, 4.69) is 32.6 Å². The second kappa shape index (κ2) is 6.56. The van der Waals surface area contributed by atoms with Crippen LogP contribution in [0.3, 0.4) is 0 Å². The Balaban J connectivity index is 1.91. The van der Waals surface area contributed by atoms with Crippen molar-refractivity contribution in [1.29, 1.82) is 0 Å². The summed E-state index contributed by atoms with van der Waals surface area (Å²) in [4.78, 5) is 13.2. The molecule has 1 N–H and O–H groups in total. The molecule has 0 aliphatic heterocycles. The molecule has 0 fully saturated rings. The van der Waals surface area contributed by atoms with E-state index in [4.69, 9.17) is 0 Å². The van der Waals surface area contributed by atoms with Gasteiger partial charge in [-0.05, 0) is 19.9 Å². The van der Waals surface area contributed by atoms with Crippen LogP contribution in [-0.2, 0) is 13.0 Å². The van der Waals surface area contributed by atoms with Crippen LogP contribution in [0.25, 0.3) is 0 Å². The van der Waals surface area contributed by atoms with Crippen molar-refractivity contribution in [3.05, 3.63) is 39.9 Å². The fraction of sp³-hybridized carbons (Fsp3) is 0.462. The molecule has 4 nitrogen and oxygen atoms in total. The van der Waals surface area contributed by atoms with Crippen LogP contribution in [-0.4, -0.2) is 21.5 Å². The third kappa shape index (κ3) is 3.85. The fourth-order valence-corrected chi connectivity index (χ4v) is 2.36. The summed E-state index contributed by atoms with van der Waals surface area (Å²) in [6, 6.07) is 0.